The predicted octanol–water partition coefficient (Wildman–Crippen LogP) is 4.25. The first-order valence-electron chi connectivity index (χ1n) is 8.57. The topological polar surface area (TPSA) is 52.7 Å². The standard InChI is InChI=1S/C21H18N4OS/c1-24-14-8-13-18(24)19(26)15-27-21-23-22-20(16-9-4-2-5-10-16)25(21)17-11-6-3-7-12-17/h2-14H,15H2,1H3. The Bertz CT molecular complexity index is 1050. The van der Waals surface area contributed by atoms with E-state index in [9.17, 15) is 4.79 Å². The zero-order valence-corrected chi connectivity index (χ0v) is 15.6. The van der Waals surface area contributed by atoms with Gasteiger partial charge in [-0.25, -0.2) is 0 Å². The van der Waals surface area contributed by atoms with Crippen molar-refractivity contribution in [3.05, 3.63) is 84.7 Å². The van der Waals surface area contributed by atoms with Crippen LogP contribution in [0.15, 0.2) is 84.1 Å². The van der Waals surface area contributed by atoms with Gasteiger partial charge in [0, 0.05) is 24.5 Å². The first kappa shape index (κ1) is 17.3. The van der Waals surface area contributed by atoms with Crippen molar-refractivity contribution in [3.8, 4) is 17.1 Å². The molecule has 2 aromatic heterocycles. The Morgan fingerprint density at radius 3 is 2.30 bits per heavy atom. The number of aromatic nitrogens is 4. The lowest BCUT2D eigenvalue weighted by molar-refractivity contribution is 0.101. The second-order valence-corrected chi connectivity index (χ2v) is 7.00. The number of benzene rings is 2. The summed E-state index contributed by atoms with van der Waals surface area (Å²) in [6.07, 6.45) is 1.87. The van der Waals surface area contributed by atoms with E-state index in [2.05, 4.69) is 10.2 Å². The highest BCUT2D eigenvalue weighted by Crippen LogP contribution is 2.28. The third kappa shape index (κ3) is 3.57. The Morgan fingerprint density at radius 2 is 1.63 bits per heavy atom. The van der Waals surface area contributed by atoms with E-state index in [1.165, 1.54) is 11.8 Å². The first-order chi connectivity index (χ1) is 13.2. The van der Waals surface area contributed by atoms with E-state index in [1.807, 2.05) is 95.2 Å². The molecule has 27 heavy (non-hydrogen) atoms. The number of thioether (sulfide) groups is 1. The monoisotopic (exact) mass is 374 g/mol. The number of Topliss-reactive ketones (excluding diaryl/α,β-unsaturated/α-hetero) is 1. The number of para-hydroxylation sites is 1. The SMILES string of the molecule is Cn1cccc1C(=O)CSc1nnc(-c2ccccc2)n1-c1ccccc1. The van der Waals surface area contributed by atoms with Crippen LogP contribution in [0.2, 0.25) is 0 Å². The lowest BCUT2D eigenvalue weighted by Gasteiger charge is -2.10. The molecular weight excluding hydrogens is 356 g/mol. The van der Waals surface area contributed by atoms with Gasteiger partial charge in [-0.3, -0.25) is 9.36 Å². The van der Waals surface area contributed by atoms with Crippen LogP contribution in [0, 0.1) is 0 Å². The highest BCUT2D eigenvalue weighted by atomic mass is 32.2. The minimum atomic E-state index is 0.0661. The molecule has 0 saturated heterocycles. The van der Waals surface area contributed by atoms with Crippen molar-refractivity contribution in [1.29, 1.82) is 0 Å². The highest BCUT2D eigenvalue weighted by Gasteiger charge is 2.18. The van der Waals surface area contributed by atoms with Crippen LogP contribution in [0.3, 0.4) is 0 Å². The third-order valence-electron chi connectivity index (χ3n) is 4.24. The van der Waals surface area contributed by atoms with E-state index >= 15 is 0 Å². The van der Waals surface area contributed by atoms with Crippen molar-refractivity contribution in [2.75, 3.05) is 5.75 Å². The fourth-order valence-corrected chi connectivity index (χ4v) is 3.73. The van der Waals surface area contributed by atoms with Crippen molar-refractivity contribution in [2.45, 2.75) is 5.16 Å². The first-order valence-corrected chi connectivity index (χ1v) is 9.56. The van der Waals surface area contributed by atoms with E-state index in [-0.39, 0.29) is 5.78 Å². The van der Waals surface area contributed by atoms with Crippen LogP contribution in [-0.2, 0) is 7.05 Å². The van der Waals surface area contributed by atoms with Crippen LogP contribution in [0.25, 0.3) is 17.1 Å². The van der Waals surface area contributed by atoms with E-state index in [0.29, 0.717) is 16.6 Å². The molecule has 0 aliphatic heterocycles. The smallest absolute Gasteiger partial charge is 0.196 e. The minimum absolute atomic E-state index is 0.0661. The Hall–Kier alpha value is -3.12. The average molecular weight is 374 g/mol. The molecule has 4 aromatic rings. The van der Waals surface area contributed by atoms with Gasteiger partial charge in [0.1, 0.15) is 0 Å². The summed E-state index contributed by atoms with van der Waals surface area (Å²) in [5.74, 6) is 1.13. The van der Waals surface area contributed by atoms with Gasteiger partial charge >= 0.3 is 0 Å². The number of hydrogen-bond acceptors (Lipinski definition) is 4. The molecule has 0 atom stereocenters. The summed E-state index contributed by atoms with van der Waals surface area (Å²) >= 11 is 1.40. The Labute approximate surface area is 161 Å². The maximum Gasteiger partial charge on any atom is 0.196 e. The van der Waals surface area contributed by atoms with Crippen LogP contribution < -0.4 is 0 Å². The molecule has 0 bridgehead atoms. The Balaban J connectivity index is 1.68. The van der Waals surface area contributed by atoms with Gasteiger partial charge < -0.3 is 4.57 Å². The maximum atomic E-state index is 12.5. The molecule has 5 nitrogen and oxygen atoms in total. The number of hydrogen-bond donors (Lipinski definition) is 0. The van der Waals surface area contributed by atoms with Crippen LogP contribution in [0.5, 0.6) is 0 Å². The fraction of sp³-hybridized carbons (Fsp3) is 0.0952. The molecule has 2 aromatic carbocycles. The quantitative estimate of drug-likeness (QED) is 0.374. The molecule has 0 amide bonds. The van der Waals surface area contributed by atoms with Crippen LogP contribution in [0.1, 0.15) is 10.5 Å². The molecule has 0 aliphatic carbocycles. The molecule has 4 rings (SSSR count). The van der Waals surface area contributed by atoms with E-state index in [0.717, 1.165) is 17.1 Å². The zero-order chi connectivity index (χ0) is 18.6. The molecule has 0 saturated carbocycles. The van der Waals surface area contributed by atoms with E-state index in [4.69, 9.17) is 0 Å². The van der Waals surface area contributed by atoms with Gasteiger partial charge in [-0.05, 0) is 24.3 Å². The zero-order valence-electron chi connectivity index (χ0n) is 14.8. The van der Waals surface area contributed by atoms with Crippen molar-refractivity contribution < 1.29 is 4.79 Å². The summed E-state index contributed by atoms with van der Waals surface area (Å²) in [6, 6.07) is 23.6. The normalized spacial score (nSPS) is 10.9. The van der Waals surface area contributed by atoms with Crippen molar-refractivity contribution in [1.82, 2.24) is 19.3 Å². The number of carbonyl (C=O) groups excluding carboxylic acids is 1. The largest absolute Gasteiger partial charge is 0.348 e. The molecule has 0 aliphatic rings. The Morgan fingerprint density at radius 1 is 0.926 bits per heavy atom. The molecule has 0 N–H and O–H groups in total. The van der Waals surface area contributed by atoms with Gasteiger partial charge in [0.05, 0.1) is 11.4 Å². The lowest BCUT2D eigenvalue weighted by atomic mass is 10.2. The van der Waals surface area contributed by atoms with Gasteiger partial charge in [-0.2, -0.15) is 0 Å². The number of carbonyl (C=O) groups is 1. The molecule has 0 fully saturated rings. The summed E-state index contributed by atoms with van der Waals surface area (Å²) < 4.78 is 3.83. The number of nitrogens with zero attached hydrogens (tertiary/aromatic N) is 4. The van der Waals surface area contributed by atoms with Gasteiger partial charge in [0.15, 0.2) is 16.8 Å². The van der Waals surface area contributed by atoms with Gasteiger partial charge in [-0.15, -0.1) is 10.2 Å². The maximum absolute atomic E-state index is 12.5. The van der Waals surface area contributed by atoms with Crippen LogP contribution in [0.4, 0.5) is 0 Å². The second-order valence-electron chi connectivity index (χ2n) is 6.06. The summed E-state index contributed by atoms with van der Waals surface area (Å²) in [6.45, 7) is 0. The Kier molecular flexibility index (Phi) is 4.89. The van der Waals surface area contributed by atoms with Crippen molar-refractivity contribution in [3.63, 3.8) is 0 Å². The van der Waals surface area contributed by atoms with Crippen LogP contribution >= 0.6 is 11.8 Å². The van der Waals surface area contributed by atoms with Gasteiger partial charge in [0.2, 0.25) is 0 Å². The van der Waals surface area contributed by atoms with Crippen molar-refractivity contribution >= 4 is 17.5 Å². The number of rotatable bonds is 6. The third-order valence-corrected chi connectivity index (χ3v) is 5.17. The fourth-order valence-electron chi connectivity index (χ4n) is 2.90. The molecule has 134 valence electrons. The van der Waals surface area contributed by atoms with Gasteiger partial charge in [0.25, 0.3) is 0 Å². The summed E-state index contributed by atoms with van der Waals surface area (Å²) in [4.78, 5) is 12.5. The summed E-state index contributed by atoms with van der Waals surface area (Å²) in [5, 5.41) is 9.46. The minimum Gasteiger partial charge on any atom is -0.348 e. The highest BCUT2D eigenvalue weighted by molar-refractivity contribution is 7.99. The molecule has 0 spiro atoms. The predicted molar refractivity (Wildman–Crippen MR) is 107 cm³/mol. The molecular formula is C21H18N4OS. The van der Waals surface area contributed by atoms with Gasteiger partial charge in [-0.1, -0.05) is 60.3 Å². The molecule has 0 unspecified atom stereocenters. The summed E-state index contributed by atoms with van der Waals surface area (Å²) in [7, 11) is 1.87. The van der Waals surface area contributed by atoms with E-state index in [1.54, 1.807) is 0 Å². The number of ketones is 1. The molecule has 2 heterocycles. The van der Waals surface area contributed by atoms with E-state index < -0.39 is 0 Å². The summed E-state index contributed by atoms with van der Waals surface area (Å²) in [5.41, 5.74) is 2.64. The molecule has 0 radical (unpaired) electrons. The second kappa shape index (κ2) is 7.63. The van der Waals surface area contributed by atoms with Crippen LogP contribution in [-0.4, -0.2) is 30.9 Å². The average Bonchev–Trinajstić information content (AvgIpc) is 3.33. The molecule has 6 heteroatoms. The number of aryl methyl sites for hydroxylation is 1. The lowest BCUT2D eigenvalue weighted by Crippen LogP contribution is -2.08. The van der Waals surface area contributed by atoms with Crippen molar-refractivity contribution in [2.24, 2.45) is 7.05 Å².